The van der Waals surface area contributed by atoms with Gasteiger partial charge in [-0.2, -0.15) is 30.7 Å². The second-order valence-corrected chi connectivity index (χ2v) is 8.09. The first-order valence-electron chi connectivity index (χ1n) is 9.64. The van der Waals surface area contributed by atoms with Crippen LogP contribution in [0.15, 0.2) is 36.4 Å². The summed E-state index contributed by atoms with van der Waals surface area (Å²) in [4.78, 5) is 10.6. The second-order valence-electron chi connectivity index (χ2n) is 7.32. The highest BCUT2D eigenvalue weighted by Crippen LogP contribution is 2.41. The van der Waals surface area contributed by atoms with Gasteiger partial charge in [0.05, 0.1) is 10.4 Å². The van der Waals surface area contributed by atoms with Crippen LogP contribution >= 0.6 is 11.5 Å². The summed E-state index contributed by atoms with van der Waals surface area (Å²) < 4.78 is 104. The van der Waals surface area contributed by atoms with Crippen molar-refractivity contribution in [1.29, 1.82) is 0 Å². The van der Waals surface area contributed by atoms with Gasteiger partial charge in [-0.3, -0.25) is 4.79 Å². The Labute approximate surface area is 192 Å². The van der Waals surface area contributed by atoms with Gasteiger partial charge in [0.2, 0.25) is 0 Å². The van der Waals surface area contributed by atoms with E-state index in [-0.39, 0.29) is 21.8 Å². The Morgan fingerprint density at radius 3 is 2.35 bits per heavy atom. The number of aryl methyl sites for hydroxylation is 2. The van der Waals surface area contributed by atoms with Crippen LogP contribution in [0.1, 0.15) is 34.4 Å². The highest BCUT2D eigenvalue weighted by Gasteiger charge is 2.39. The average molecular weight is 507 g/mol. The van der Waals surface area contributed by atoms with Crippen LogP contribution in [0.2, 0.25) is 0 Å². The van der Waals surface area contributed by atoms with Crippen molar-refractivity contribution >= 4 is 17.5 Å². The zero-order valence-electron chi connectivity index (χ0n) is 17.4. The third-order valence-corrected chi connectivity index (χ3v) is 5.73. The van der Waals surface area contributed by atoms with E-state index < -0.39 is 60.4 Å². The first-order chi connectivity index (χ1) is 15.8. The normalized spacial score (nSPS) is 12.1. The first-order valence-corrected chi connectivity index (χ1v) is 10.4. The largest absolute Gasteiger partial charge is 0.489 e. The van der Waals surface area contributed by atoms with Crippen molar-refractivity contribution in [2.45, 2.75) is 38.7 Å². The average Bonchev–Trinajstić information content (AvgIpc) is 3.14. The third kappa shape index (κ3) is 5.85. The first kappa shape index (κ1) is 25.5. The van der Waals surface area contributed by atoms with Crippen LogP contribution in [0.4, 0.5) is 30.7 Å². The fourth-order valence-corrected chi connectivity index (χ4v) is 4.13. The Bertz CT molecular complexity index is 1200. The molecule has 0 saturated heterocycles. The lowest BCUT2D eigenvalue weighted by atomic mass is 10.0. The van der Waals surface area contributed by atoms with Crippen molar-refractivity contribution < 1.29 is 45.4 Å². The van der Waals surface area contributed by atoms with Gasteiger partial charge in [-0.15, -0.1) is 0 Å². The van der Waals surface area contributed by atoms with Crippen LogP contribution in [0.25, 0.3) is 10.4 Å². The number of aromatic nitrogens is 1. The lowest BCUT2D eigenvalue weighted by molar-refractivity contribution is -0.141. The van der Waals surface area contributed by atoms with Gasteiger partial charge < -0.3 is 9.84 Å². The smallest absolute Gasteiger partial charge is 0.434 e. The molecule has 0 aliphatic heterocycles. The number of alkyl halides is 6. The molecule has 3 rings (SSSR count). The molecular weight excluding hydrogens is 491 g/mol. The van der Waals surface area contributed by atoms with Crippen LogP contribution in [-0.2, 0) is 30.2 Å². The number of carboxylic acid groups (broad SMARTS) is 1. The van der Waals surface area contributed by atoms with Crippen molar-refractivity contribution in [3.05, 3.63) is 70.2 Å². The molecule has 0 atom stereocenters. The van der Waals surface area contributed by atoms with Gasteiger partial charge in [-0.1, -0.05) is 18.2 Å². The molecule has 0 aliphatic carbocycles. The van der Waals surface area contributed by atoms with E-state index in [1.807, 2.05) is 0 Å². The number of halogens is 7. The van der Waals surface area contributed by atoms with E-state index in [1.54, 1.807) is 6.92 Å². The van der Waals surface area contributed by atoms with Crippen molar-refractivity contribution in [2.75, 3.05) is 0 Å². The Morgan fingerprint density at radius 2 is 1.76 bits per heavy atom. The van der Waals surface area contributed by atoms with E-state index in [1.165, 1.54) is 12.1 Å². The Kier molecular flexibility index (Phi) is 7.20. The maximum absolute atomic E-state index is 14.4. The number of ether oxygens (including phenoxy) is 1. The van der Waals surface area contributed by atoms with Crippen molar-refractivity contribution in [3.8, 4) is 16.2 Å². The van der Waals surface area contributed by atoms with Crippen LogP contribution in [0, 0.1) is 12.7 Å². The van der Waals surface area contributed by atoms with Gasteiger partial charge in [0.1, 0.15) is 18.2 Å². The van der Waals surface area contributed by atoms with Gasteiger partial charge in [0, 0.05) is 17.5 Å². The molecule has 1 heterocycles. The monoisotopic (exact) mass is 507 g/mol. The number of hydrogen-bond acceptors (Lipinski definition) is 4. The second kappa shape index (κ2) is 9.61. The van der Waals surface area contributed by atoms with Gasteiger partial charge in [-0.25, -0.2) is 4.39 Å². The highest BCUT2D eigenvalue weighted by atomic mass is 32.1. The molecule has 3 aromatic rings. The molecule has 0 radical (unpaired) electrons. The number of aliphatic carboxylic acids is 1. The Balaban J connectivity index is 1.97. The number of carbonyl (C=O) groups is 1. The van der Waals surface area contributed by atoms with Gasteiger partial charge >= 0.3 is 18.3 Å². The number of hydrogen-bond donors (Lipinski definition) is 1. The quantitative estimate of drug-likeness (QED) is 0.354. The number of nitrogens with zero attached hydrogens (tertiary/aromatic N) is 1. The van der Waals surface area contributed by atoms with E-state index >= 15 is 0 Å². The zero-order valence-corrected chi connectivity index (χ0v) is 18.2. The summed E-state index contributed by atoms with van der Waals surface area (Å²) in [5, 5.41) is 8.73. The molecule has 0 saturated carbocycles. The van der Waals surface area contributed by atoms with E-state index in [9.17, 15) is 35.5 Å². The van der Waals surface area contributed by atoms with Crippen molar-refractivity contribution in [1.82, 2.24) is 4.37 Å². The predicted molar refractivity (Wildman–Crippen MR) is 109 cm³/mol. The topological polar surface area (TPSA) is 59.4 Å². The maximum atomic E-state index is 14.4. The van der Waals surface area contributed by atoms with E-state index in [4.69, 9.17) is 9.84 Å². The molecule has 0 amide bonds. The molecule has 0 bridgehead atoms. The minimum atomic E-state index is -4.90. The zero-order chi connectivity index (χ0) is 25.3. The summed E-state index contributed by atoms with van der Waals surface area (Å²) in [7, 11) is 0. The van der Waals surface area contributed by atoms with Gasteiger partial charge in [0.25, 0.3) is 0 Å². The van der Waals surface area contributed by atoms with E-state index in [0.717, 1.165) is 18.2 Å². The van der Waals surface area contributed by atoms with Crippen LogP contribution in [0.5, 0.6) is 5.75 Å². The summed E-state index contributed by atoms with van der Waals surface area (Å²) in [6.07, 6.45) is -10.7. The molecular formula is C22H16F7NO3S. The fourth-order valence-electron chi connectivity index (χ4n) is 3.21. The SMILES string of the molecule is Cc1ccc(-c2snc(C(F)(F)F)c2COc2ccc(CCC(=O)O)c(C(F)(F)F)c2)c(F)c1. The summed E-state index contributed by atoms with van der Waals surface area (Å²) in [6, 6.07) is 6.64. The summed E-state index contributed by atoms with van der Waals surface area (Å²) >= 11 is 0.405. The predicted octanol–water partition coefficient (Wildman–Crippen LogP) is 6.89. The van der Waals surface area contributed by atoms with E-state index in [0.29, 0.717) is 23.2 Å². The molecule has 4 nitrogen and oxygen atoms in total. The molecule has 34 heavy (non-hydrogen) atoms. The van der Waals surface area contributed by atoms with Crippen molar-refractivity contribution in [2.24, 2.45) is 0 Å². The lowest BCUT2D eigenvalue weighted by Gasteiger charge is -2.15. The summed E-state index contributed by atoms with van der Waals surface area (Å²) in [5.74, 6) is -2.45. The Hall–Kier alpha value is -3.15. The molecule has 2 aromatic carbocycles. The number of benzene rings is 2. The molecule has 182 valence electrons. The minimum Gasteiger partial charge on any atom is -0.489 e. The number of rotatable bonds is 7. The van der Waals surface area contributed by atoms with Crippen LogP contribution < -0.4 is 4.74 Å². The summed E-state index contributed by atoms with van der Waals surface area (Å²) in [6.45, 7) is 0.781. The fraction of sp³-hybridized carbons (Fsp3) is 0.273. The molecule has 0 aliphatic rings. The molecule has 0 spiro atoms. The molecule has 12 heteroatoms. The Morgan fingerprint density at radius 1 is 1.06 bits per heavy atom. The van der Waals surface area contributed by atoms with Gasteiger partial charge in [0.15, 0.2) is 5.69 Å². The molecule has 0 unspecified atom stereocenters. The van der Waals surface area contributed by atoms with Gasteiger partial charge in [-0.05, 0) is 54.2 Å². The third-order valence-electron chi connectivity index (χ3n) is 4.80. The summed E-state index contributed by atoms with van der Waals surface area (Å²) in [5.41, 5.74) is -2.88. The lowest BCUT2D eigenvalue weighted by Crippen LogP contribution is -2.12. The number of carboxylic acids is 1. The molecule has 1 aromatic heterocycles. The standard InChI is InChI=1S/C22H16F7NO3S/c1-11-2-6-14(17(23)8-11)19-15(20(30-34-19)22(27,28)29)10-33-13-5-3-12(4-7-18(31)32)16(9-13)21(24,25)26/h2-3,5-6,8-9H,4,7,10H2,1H3,(H,31,32). The van der Waals surface area contributed by atoms with Crippen LogP contribution in [-0.4, -0.2) is 15.4 Å². The minimum absolute atomic E-state index is 0.141. The molecule has 1 N–H and O–H groups in total. The van der Waals surface area contributed by atoms with Crippen molar-refractivity contribution in [3.63, 3.8) is 0 Å². The molecule has 0 fully saturated rings. The van der Waals surface area contributed by atoms with E-state index in [2.05, 4.69) is 4.37 Å². The van der Waals surface area contributed by atoms with Crippen LogP contribution in [0.3, 0.4) is 0 Å². The maximum Gasteiger partial charge on any atom is 0.434 e. The highest BCUT2D eigenvalue weighted by molar-refractivity contribution is 7.09.